The Bertz CT molecular complexity index is 1070. The van der Waals surface area contributed by atoms with E-state index < -0.39 is 16.5 Å². The molecule has 1 aliphatic carbocycles. The van der Waals surface area contributed by atoms with Crippen molar-refractivity contribution < 1.29 is 27.8 Å². The quantitative estimate of drug-likeness (QED) is 0.628. The van der Waals surface area contributed by atoms with Crippen LogP contribution in [0, 0.1) is 5.92 Å². The molecule has 0 spiro atoms. The number of carbonyl (C=O) groups excluding carboxylic acids is 1. The molecule has 2 aromatic rings. The number of alkyl halides is 3. The third-order valence-electron chi connectivity index (χ3n) is 6.59. The molecule has 0 bridgehead atoms. The van der Waals surface area contributed by atoms with Crippen LogP contribution in [0.3, 0.4) is 0 Å². The van der Waals surface area contributed by atoms with Crippen LogP contribution in [0.5, 0.6) is 0 Å². The van der Waals surface area contributed by atoms with Gasteiger partial charge in [0.15, 0.2) is 0 Å². The van der Waals surface area contributed by atoms with Gasteiger partial charge in [-0.3, -0.25) is 4.79 Å². The molecule has 0 aromatic heterocycles. The maximum Gasteiger partial charge on any atom is 0.379 e. The summed E-state index contributed by atoms with van der Waals surface area (Å²) in [7, 11) is -1.15. The Balaban J connectivity index is 0.000000804. The molecule has 2 aliphatic rings. The van der Waals surface area contributed by atoms with Gasteiger partial charge in [-0.2, -0.15) is 13.2 Å². The molecule has 1 amide bonds. The van der Waals surface area contributed by atoms with Gasteiger partial charge in [0.05, 0.1) is 11.5 Å². The van der Waals surface area contributed by atoms with E-state index in [1.165, 1.54) is 11.1 Å². The number of halogens is 3. The first-order valence-corrected chi connectivity index (χ1v) is 13.2. The number of sulfone groups is 1. The zero-order valence-electron chi connectivity index (χ0n) is 19.4. The van der Waals surface area contributed by atoms with E-state index in [1.807, 2.05) is 0 Å². The van der Waals surface area contributed by atoms with E-state index in [2.05, 4.69) is 60.8 Å². The fraction of sp³-hybridized carbons (Fsp3) is 0.480. The Morgan fingerprint density at radius 2 is 1.68 bits per heavy atom. The number of nitrogens with zero attached hydrogens (tertiary/aromatic N) is 1. The molecule has 1 aliphatic heterocycles. The number of nitrogens with one attached hydrogen (secondary N) is 1. The van der Waals surface area contributed by atoms with Crippen LogP contribution in [0.25, 0.3) is 0 Å². The van der Waals surface area contributed by atoms with Gasteiger partial charge in [0, 0.05) is 38.6 Å². The monoisotopic (exact) mass is 498 g/mol. The molecular formula is C25H33F3N2O3S. The lowest BCUT2D eigenvalue weighted by atomic mass is 10.0. The number of amides is 1. The topological polar surface area (TPSA) is 66.5 Å². The van der Waals surface area contributed by atoms with Gasteiger partial charge < -0.3 is 10.2 Å². The van der Waals surface area contributed by atoms with Crippen LogP contribution in [-0.4, -0.2) is 50.5 Å². The molecule has 2 aromatic carbocycles. The van der Waals surface area contributed by atoms with Gasteiger partial charge in [-0.15, -0.1) is 0 Å². The standard InChI is InChI=1S/C24H30N2O3S.CHF3.H2/c1-17-22-6-4-3-5-20(22)15-23(17)25-21-9-7-18(8-10-21)16-26(2)24(27)19-11-13-30(28,29)14-12-19;2-1(3)4;/h3-10,17,19,23,25H,11-16H2,1-2H3;1H;1H/t17-,23-;;/m1../s1. The molecule has 188 valence electrons. The maximum absolute atomic E-state index is 12.7. The number of fused-ring (bicyclic) bond motifs is 1. The second kappa shape index (κ2) is 11.3. The molecule has 0 saturated carbocycles. The fourth-order valence-corrected chi connectivity index (χ4v) is 6.18. The predicted octanol–water partition coefficient (Wildman–Crippen LogP) is 5.03. The summed E-state index contributed by atoms with van der Waals surface area (Å²) in [6.07, 6.45) is 1.92. The van der Waals surface area contributed by atoms with Crippen molar-refractivity contribution in [3.63, 3.8) is 0 Å². The second-order valence-electron chi connectivity index (χ2n) is 9.01. The second-order valence-corrected chi connectivity index (χ2v) is 11.3. The molecule has 34 heavy (non-hydrogen) atoms. The zero-order valence-corrected chi connectivity index (χ0v) is 20.2. The normalized spacial score (nSPS) is 21.4. The predicted molar refractivity (Wildman–Crippen MR) is 129 cm³/mol. The minimum Gasteiger partial charge on any atom is -0.381 e. The van der Waals surface area contributed by atoms with Gasteiger partial charge in [-0.1, -0.05) is 43.3 Å². The number of hydrogen-bond acceptors (Lipinski definition) is 4. The highest BCUT2D eigenvalue weighted by atomic mass is 32.2. The molecule has 0 unspecified atom stereocenters. The highest BCUT2D eigenvalue weighted by Crippen LogP contribution is 2.34. The Hall–Kier alpha value is -2.55. The molecule has 2 atom stereocenters. The summed E-state index contributed by atoms with van der Waals surface area (Å²) in [4.78, 5) is 14.4. The van der Waals surface area contributed by atoms with Crippen LogP contribution in [0.4, 0.5) is 18.9 Å². The van der Waals surface area contributed by atoms with Crippen LogP contribution in [0.1, 0.15) is 43.8 Å². The van der Waals surface area contributed by atoms with E-state index in [1.54, 1.807) is 11.9 Å². The summed E-state index contributed by atoms with van der Waals surface area (Å²) in [6, 6.07) is 17.3. The average molecular weight is 499 g/mol. The van der Waals surface area contributed by atoms with Crippen LogP contribution < -0.4 is 5.32 Å². The molecular weight excluding hydrogens is 465 g/mol. The van der Waals surface area contributed by atoms with Gasteiger partial charge in [0.25, 0.3) is 0 Å². The Morgan fingerprint density at radius 3 is 2.26 bits per heavy atom. The van der Waals surface area contributed by atoms with Gasteiger partial charge in [0.1, 0.15) is 9.84 Å². The van der Waals surface area contributed by atoms with Crippen LogP contribution in [-0.2, 0) is 27.6 Å². The molecule has 0 radical (unpaired) electrons. The first-order chi connectivity index (χ1) is 16.1. The lowest BCUT2D eigenvalue weighted by molar-refractivity contribution is -0.135. The summed E-state index contributed by atoms with van der Waals surface area (Å²) in [6.45, 7) is -0.859. The maximum atomic E-state index is 12.7. The minimum atomic E-state index is -3.67. The fourth-order valence-electron chi connectivity index (χ4n) is 4.69. The van der Waals surface area contributed by atoms with Crippen molar-refractivity contribution in [2.24, 2.45) is 5.92 Å². The molecule has 1 fully saturated rings. The SMILES string of the molecule is C[C@@H]1c2ccccc2C[C@H]1Nc1ccc(CN(C)C(=O)C2CCS(=O)(=O)CC2)cc1.FC(F)F.[HH]. The van der Waals surface area contributed by atoms with Crippen LogP contribution in [0.15, 0.2) is 48.5 Å². The number of carbonyl (C=O) groups is 1. The van der Waals surface area contributed by atoms with E-state index in [9.17, 15) is 26.4 Å². The number of rotatable bonds is 5. The van der Waals surface area contributed by atoms with Crippen LogP contribution >= 0.6 is 0 Å². The van der Waals surface area contributed by atoms with Crippen molar-refractivity contribution in [1.82, 2.24) is 4.90 Å². The highest BCUT2D eigenvalue weighted by molar-refractivity contribution is 7.91. The van der Waals surface area contributed by atoms with Gasteiger partial charge >= 0.3 is 6.68 Å². The van der Waals surface area contributed by atoms with E-state index >= 15 is 0 Å². The highest BCUT2D eigenvalue weighted by Gasteiger charge is 2.30. The number of hydrogen-bond donors (Lipinski definition) is 1. The molecule has 1 N–H and O–H groups in total. The summed E-state index contributed by atoms with van der Waals surface area (Å²) in [5, 5.41) is 3.66. The Morgan fingerprint density at radius 1 is 1.09 bits per heavy atom. The largest absolute Gasteiger partial charge is 0.381 e. The van der Waals surface area contributed by atoms with Crippen molar-refractivity contribution in [2.45, 2.75) is 51.4 Å². The number of anilines is 1. The van der Waals surface area contributed by atoms with E-state index in [0.29, 0.717) is 31.3 Å². The summed E-state index contributed by atoms with van der Waals surface area (Å²) >= 11 is 0. The third kappa shape index (κ3) is 6.98. The zero-order chi connectivity index (χ0) is 24.9. The van der Waals surface area contributed by atoms with Crippen molar-refractivity contribution in [3.05, 3.63) is 65.2 Å². The van der Waals surface area contributed by atoms with Crippen molar-refractivity contribution in [3.8, 4) is 0 Å². The van der Waals surface area contributed by atoms with E-state index in [-0.39, 0.29) is 24.8 Å². The summed E-state index contributed by atoms with van der Waals surface area (Å²) < 4.78 is 52.2. The third-order valence-corrected chi connectivity index (χ3v) is 8.31. The van der Waals surface area contributed by atoms with Crippen molar-refractivity contribution in [1.29, 1.82) is 0 Å². The average Bonchev–Trinajstić information content (AvgIpc) is 3.09. The lowest BCUT2D eigenvalue weighted by Crippen LogP contribution is -2.37. The van der Waals surface area contributed by atoms with Gasteiger partial charge in [-0.25, -0.2) is 8.42 Å². The smallest absolute Gasteiger partial charge is 0.379 e. The van der Waals surface area contributed by atoms with E-state index in [4.69, 9.17) is 0 Å². The molecule has 9 heteroatoms. The van der Waals surface area contributed by atoms with Gasteiger partial charge in [-0.05, 0) is 48.1 Å². The Labute approximate surface area is 200 Å². The number of benzene rings is 2. The summed E-state index contributed by atoms with van der Waals surface area (Å²) in [5.41, 5.74) is 5.02. The van der Waals surface area contributed by atoms with Crippen LogP contribution in [0.2, 0.25) is 0 Å². The molecule has 1 saturated heterocycles. The van der Waals surface area contributed by atoms with Gasteiger partial charge in [0.2, 0.25) is 5.91 Å². The van der Waals surface area contributed by atoms with Crippen molar-refractivity contribution >= 4 is 21.4 Å². The van der Waals surface area contributed by atoms with Crippen molar-refractivity contribution in [2.75, 3.05) is 23.9 Å². The molecule has 4 rings (SSSR count). The first kappa shape index (κ1) is 26.1. The lowest BCUT2D eigenvalue weighted by Gasteiger charge is -2.26. The van der Waals surface area contributed by atoms with E-state index in [0.717, 1.165) is 17.7 Å². The molecule has 1 heterocycles. The summed E-state index contributed by atoms with van der Waals surface area (Å²) in [5.74, 6) is 0.598. The Kier molecular flexibility index (Phi) is 8.62. The minimum absolute atomic E-state index is 0. The first-order valence-electron chi connectivity index (χ1n) is 11.4. The molecule has 5 nitrogen and oxygen atoms in total.